The first-order chi connectivity index (χ1) is 7.11. The molecule has 1 rings (SSSR count). The third-order valence-corrected chi connectivity index (χ3v) is 2.87. The molecule has 0 aromatic carbocycles. The minimum atomic E-state index is 0.0509. The molecule has 15 heavy (non-hydrogen) atoms. The number of nitrogens with one attached hydrogen (secondary N) is 1. The van der Waals surface area contributed by atoms with Crippen LogP contribution in [0.25, 0.3) is 0 Å². The molecule has 0 spiro atoms. The molecule has 0 atom stereocenters. The zero-order valence-electron chi connectivity index (χ0n) is 9.87. The summed E-state index contributed by atoms with van der Waals surface area (Å²) >= 11 is 0. The van der Waals surface area contributed by atoms with Gasteiger partial charge in [-0.15, -0.1) is 0 Å². The van der Waals surface area contributed by atoms with Crippen LogP contribution in [0.5, 0.6) is 0 Å². The fourth-order valence-electron chi connectivity index (χ4n) is 1.76. The predicted octanol–water partition coefficient (Wildman–Crippen LogP) is 1.98. The minimum absolute atomic E-state index is 0.0509. The lowest BCUT2D eigenvalue weighted by atomic mass is 10.1. The zero-order valence-corrected chi connectivity index (χ0v) is 9.87. The Labute approximate surface area is 90.7 Å². The van der Waals surface area contributed by atoms with Gasteiger partial charge in [-0.3, -0.25) is 9.89 Å². The van der Waals surface area contributed by atoms with Crippen molar-refractivity contribution < 1.29 is 4.79 Å². The molecule has 0 saturated carbocycles. The fourth-order valence-corrected chi connectivity index (χ4v) is 1.76. The highest BCUT2D eigenvalue weighted by atomic mass is 16.2. The number of aromatic nitrogens is 2. The lowest BCUT2D eigenvalue weighted by Gasteiger charge is -2.26. The van der Waals surface area contributed by atoms with Gasteiger partial charge in [0.15, 0.2) is 0 Å². The summed E-state index contributed by atoms with van der Waals surface area (Å²) in [4.78, 5) is 13.9. The minimum Gasteiger partial charge on any atom is -0.339 e. The first-order valence-electron chi connectivity index (χ1n) is 5.38. The van der Waals surface area contributed by atoms with E-state index in [1.165, 1.54) is 0 Å². The van der Waals surface area contributed by atoms with Crippen LogP contribution in [0, 0.1) is 6.92 Å². The molecule has 1 aromatic heterocycles. The van der Waals surface area contributed by atoms with Crippen molar-refractivity contribution >= 4 is 5.91 Å². The topological polar surface area (TPSA) is 49.0 Å². The number of hydrogen-bond acceptors (Lipinski definition) is 2. The van der Waals surface area contributed by atoms with Crippen molar-refractivity contribution in [2.24, 2.45) is 0 Å². The predicted molar refractivity (Wildman–Crippen MR) is 59.8 cm³/mol. The van der Waals surface area contributed by atoms with Crippen LogP contribution in [0.2, 0.25) is 0 Å². The van der Waals surface area contributed by atoms with Gasteiger partial charge >= 0.3 is 0 Å². The zero-order chi connectivity index (χ0) is 11.4. The van der Waals surface area contributed by atoms with Gasteiger partial charge in [0.1, 0.15) is 0 Å². The van der Waals surface area contributed by atoms with E-state index in [0.717, 1.165) is 18.5 Å². The highest BCUT2D eigenvalue weighted by molar-refractivity contribution is 5.95. The van der Waals surface area contributed by atoms with Crippen molar-refractivity contribution in [3.8, 4) is 0 Å². The molecule has 0 unspecified atom stereocenters. The van der Waals surface area contributed by atoms with E-state index in [4.69, 9.17) is 0 Å². The van der Waals surface area contributed by atoms with Gasteiger partial charge < -0.3 is 4.90 Å². The van der Waals surface area contributed by atoms with E-state index in [2.05, 4.69) is 24.0 Å². The van der Waals surface area contributed by atoms with Gasteiger partial charge in [0.25, 0.3) is 5.91 Å². The molecule has 0 bridgehead atoms. The molecule has 4 heteroatoms. The largest absolute Gasteiger partial charge is 0.339 e. The van der Waals surface area contributed by atoms with E-state index in [-0.39, 0.29) is 5.91 Å². The van der Waals surface area contributed by atoms with Crippen molar-refractivity contribution in [2.75, 3.05) is 7.05 Å². The number of carbonyl (C=O) groups is 1. The second-order valence-corrected chi connectivity index (χ2v) is 3.80. The fraction of sp³-hybridized carbons (Fsp3) is 0.636. The normalized spacial score (nSPS) is 10.7. The number of aryl methyl sites for hydroxylation is 1. The maximum absolute atomic E-state index is 12.1. The first-order valence-corrected chi connectivity index (χ1v) is 5.38. The summed E-state index contributed by atoms with van der Waals surface area (Å²) in [5.74, 6) is 0.0509. The molecule has 1 N–H and O–H groups in total. The van der Waals surface area contributed by atoms with E-state index in [1.54, 1.807) is 11.1 Å². The van der Waals surface area contributed by atoms with Gasteiger partial charge in [0.2, 0.25) is 0 Å². The summed E-state index contributed by atoms with van der Waals surface area (Å²) in [6.45, 7) is 6.06. The third-order valence-electron chi connectivity index (χ3n) is 2.87. The maximum Gasteiger partial charge on any atom is 0.257 e. The maximum atomic E-state index is 12.1. The molecule has 0 aliphatic carbocycles. The summed E-state index contributed by atoms with van der Waals surface area (Å²) in [6.07, 6.45) is 3.56. The SMILES string of the molecule is CCC(CC)N(C)C(=O)c1cn[nH]c1C. The van der Waals surface area contributed by atoms with Crippen molar-refractivity contribution in [1.82, 2.24) is 15.1 Å². The summed E-state index contributed by atoms with van der Waals surface area (Å²) in [5, 5.41) is 6.65. The molecule has 1 heterocycles. The number of nitrogens with zero attached hydrogens (tertiary/aromatic N) is 2. The lowest BCUT2D eigenvalue weighted by molar-refractivity contribution is 0.0723. The summed E-state index contributed by atoms with van der Waals surface area (Å²) in [7, 11) is 1.85. The molecular formula is C11H19N3O. The number of carbonyl (C=O) groups excluding carboxylic acids is 1. The Bertz CT molecular complexity index is 328. The van der Waals surface area contributed by atoms with E-state index in [1.807, 2.05) is 14.0 Å². The molecule has 1 amide bonds. The molecule has 4 nitrogen and oxygen atoms in total. The molecule has 0 saturated heterocycles. The molecule has 1 aromatic rings. The van der Waals surface area contributed by atoms with Crippen LogP contribution in [0.4, 0.5) is 0 Å². The second-order valence-electron chi connectivity index (χ2n) is 3.80. The van der Waals surface area contributed by atoms with Crippen molar-refractivity contribution in [2.45, 2.75) is 39.7 Å². The Morgan fingerprint density at radius 1 is 1.53 bits per heavy atom. The molecule has 0 fully saturated rings. The van der Waals surface area contributed by atoms with Gasteiger partial charge in [-0.1, -0.05) is 13.8 Å². The van der Waals surface area contributed by atoms with E-state index in [0.29, 0.717) is 11.6 Å². The highest BCUT2D eigenvalue weighted by Crippen LogP contribution is 2.12. The highest BCUT2D eigenvalue weighted by Gasteiger charge is 2.20. The Hall–Kier alpha value is -1.32. The molecule has 84 valence electrons. The van der Waals surface area contributed by atoms with Gasteiger partial charge in [-0.05, 0) is 19.8 Å². The second kappa shape index (κ2) is 4.96. The van der Waals surface area contributed by atoms with Crippen molar-refractivity contribution in [3.63, 3.8) is 0 Å². The van der Waals surface area contributed by atoms with Crippen LogP contribution in [-0.4, -0.2) is 34.1 Å². The standard InChI is InChI=1S/C11H19N3O/c1-5-9(6-2)14(4)11(15)10-7-12-13-8(10)3/h7,9H,5-6H2,1-4H3,(H,12,13). The van der Waals surface area contributed by atoms with Gasteiger partial charge in [-0.25, -0.2) is 0 Å². The molecule has 0 radical (unpaired) electrons. The Morgan fingerprint density at radius 2 is 2.13 bits per heavy atom. The smallest absolute Gasteiger partial charge is 0.257 e. The lowest BCUT2D eigenvalue weighted by Crippen LogP contribution is -2.36. The van der Waals surface area contributed by atoms with Gasteiger partial charge in [-0.2, -0.15) is 5.10 Å². The van der Waals surface area contributed by atoms with Crippen molar-refractivity contribution in [3.05, 3.63) is 17.5 Å². The van der Waals surface area contributed by atoms with Gasteiger partial charge in [0.05, 0.1) is 11.8 Å². The van der Waals surface area contributed by atoms with E-state index < -0.39 is 0 Å². The van der Waals surface area contributed by atoms with Crippen molar-refractivity contribution in [1.29, 1.82) is 0 Å². The summed E-state index contributed by atoms with van der Waals surface area (Å²) < 4.78 is 0. The van der Waals surface area contributed by atoms with E-state index in [9.17, 15) is 4.79 Å². The molecule has 0 aliphatic heterocycles. The van der Waals surface area contributed by atoms with Crippen LogP contribution >= 0.6 is 0 Å². The molecule has 0 aliphatic rings. The Balaban J connectivity index is 2.81. The average Bonchev–Trinajstić information content (AvgIpc) is 2.65. The van der Waals surface area contributed by atoms with Gasteiger partial charge in [0, 0.05) is 18.8 Å². The van der Waals surface area contributed by atoms with Crippen LogP contribution in [0.1, 0.15) is 42.7 Å². The number of hydrogen-bond donors (Lipinski definition) is 1. The first kappa shape index (κ1) is 11.8. The average molecular weight is 209 g/mol. The quantitative estimate of drug-likeness (QED) is 0.824. The Kier molecular flexibility index (Phi) is 3.88. The van der Waals surface area contributed by atoms with Crippen LogP contribution in [0.3, 0.4) is 0 Å². The Morgan fingerprint density at radius 3 is 2.53 bits per heavy atom. The van der Waals surface area contributed by atoms with Crippen LogP contribution in [-0.2, 0) is 0 Å². The number of amides is 1. The van der Waals surface area contributed by atoms with Crippen LogP contribution in [0.15, 0.2) is 6.20 Å². The number of rotatable bonds is 4. The summed E-state index contributed by atoms with van der Waals surface area (Å²) in [5.41, 5.74) is 1.50. The van der Waals surface area contributed by atoms with E-state index >= 15 is 0 Å². The monoisotopic (exact) mass is 209 g/mol. The number of aromatic amines is 1. The third kappa shape index (κ3) is 2.37. The number of H-pyrrole nitrogens is 1. The van der Waals surface area contributed by atoms with Crippen LogP contribution < -0.4 is 0 Å². The molecular weight excluding hydrogens is 190 g/mol. The summed E-state index contributed by atoms with van der Waals surface area (Å²) in [6, 6.07) is 0.312.